The predicted octanol–water partition coefficient (Wildman–Crippen LogP) is 1.75. The average molecular weight is 273 g/mol. The van der Waals surface area contributed by atoms with E-state index in [-0.39, 0.29) is 17.5 Å². The van der Waals surface area contributed by atoms with Crippen LogP contribution in [0.5, 0.6) is 0 Å². The summed E-state index contributed by atoms with van der Waals surface area (Å²) in [5, 5.41) is 15.4. The van der Waals surface area contributed by atoms with Crippen LogP contribution in [0.4, 0.5) is 0 Å². The van der Waals surface area contributed by atoms with Gasteiger partial charge in [0.05, 0.1) is 5.75 Å². The van der Waals surface area contributed by atoms with Gasteiger partial charge in [-0.15, -0.1) is 5.10 Å². The Hall–Kier alpha value is -1.24. The molecule has 1 aromatic rings. The highest BCUT2D eigenvalue weighted by Gasteiger charge is 2.21. The molecule has 6 nitrogen and oxygen atoms in total. The van der Waals surface area contributed by atoms with Crippen LogP contribution in [0.25, 0.3) is 0 Å². The lowest BCUT2D eigenvalue weighted by Gasteiger charge is -2.22. The van der Waals surface area contributed by atoms with E-state index < -0.39 is 5.97 Å². The van der Waals surface area contributed by atoms with Gasteiger partial charge in [-0.3, -0.25) is 9.36 Å². The molecule has 0 amide bonds. The van der Waals surface area contributed by atoms with E-state index in [2.05, 4.69) is 24.0 Å². The van der Waals surface area contributed by atoms with Crippen LogP contribution < -0.4 is 5.69 Å². The summed E-state index contributed by atoms with van der Waals surface area (Å²) < 4.78 is 1.56. The quantitative estimate of drug-likeness (QED) is 0.739. The third-order valence-corrected chi connectivity index (χ3v) is 4.07. The van der Waals surface area contributed by atoms with E-state index >= 15 is 0 Å². The fraction of sp³-hybridized carbons (Fsp3) is 0.727. The lowest BCUT2D eigenvalue weighted by molar-refractivity contribution is -0.133. The maximum Gasteiger partial charge on any atom is 0.344 e. The maximum absolute atomic E-state index is 11.7. The number of nitrogens with one attached hydrogen (secondary N) is 1. The summed E-state index contributed by atoms with van der Waals surface area (Å²) in [7, 11) is 0. The van der Waals surface area contributed by atoms with E-state index in [0.717, 1.165) is 24.6 Å². The van der Waals surface area contributed by atoms with Gasteiger partial charge >= 0.3 is 11.7 Å². The average Bonchev–Trinajstić information content (AvgIpc) is 2.69. The van der Waals surface area contributed by atoms with Gasteiger partial charge in [0.15, 0.2) is 5.16 Å². The highest BCUT2D eigenvalue weighted by atomic mass is 32.2. The van der Waals surface area contributed by atoms with Crippen LogP contribution >= 0.6 is 11.8 Å². The fourth-order valence-corrected chi connectivity index (χ4v) is 2.81. The van der Waals surface area contributed by atoms with Crippen LogP contribution in [0.2, 0.25) is 0 Å². The first kappa shape index (κ1) is 14.8. The molecule has 0 fully saturated rings. The van der Waals surface area contributed by atoms with Crippen molar-refractivity contribution in [1.82, 2.24) is 14.8 Å². The minimum absolute atomic E-state index is 0.0162. The molecule has 1 heterocycles. The van der Waals surface area contributed by atoms with Crippen molar-refractivity contribution in [2.75, 3.05) is 5.75 Å². The first-order valence-corrected chi connectivity index (χ1v) is 7.01. The van der Waals surface area contributed by atoms with Crippen molar-refractivity contribution in [2.24, 2.45) is 5.92 Å². The number of thioether (sulfide) groups is 1. The lowest BCUT2D eigenvalue weighted by atomic mass is 9.95. The number of H-pyrrole nitrogens is 1. The van der Waals surface area contributed by atoms with Crippen molar-refractivity contribution in [3.63, 3.8) is 0 Å². The molecule has 0 saturated carbocycles. The number of nitrogens with zero attached hydrogens (tertiary/aromatic N) is 2. The topological polar surface area (TPSA) is 88.0 Å². The third kappa shape index (κ3) is 3.38. The molecule has 0 aromatic carbocycles. The van der Waals surface area contributed by atoms with Crippen molar-refractivity contribution in [2.45, 2.75) is 44.8 Å². The molecule has 1 atom stereocenters. The van der Waals surface area contributed by atoms with Gasteiger partial charge in [-0.25, -0.2) is 9.89 Å². The van der Waals surface area contributed by atoms with Crippen molar-refractivity contribution in [1.29, 1.82) is 0 Å². The van der Waals surface area contributed by atoms with Crippen LogP contribution in [0.3, 0.4) is 0 Å². The zero-order valence-electron chi connectivity index (χ0n) is 10.8. The van der Waals surface area contributed by atoms with Gasteiger partial charge in [-0.05, 0) is 12.8 Å². The van der Waals surface area contributed by atoms with E-state index in [1.54, 1.807) is 4.57 Å². The number of carbonyl (C=O) groups is 1. The third-order valence-electron chi connectivity index (χ3n) is 3.14. The van der Waals surface area contributed by atoms with E-state index in [4.69, 9.17) is 5.11 Å². The minimum Gasteiger partial charge on any atom is -0.481 e. The number of rotatable bonds is 7. The lowest BCUT2D eigenvalue weighted by Crippen LogP contribution is -2.26. The second-order valence-electron chi connectivity index (χ2n) is 4.18. The molecule has 0 aliphatic rings. The van der Waals surface area contributed by atoms with Crippen molar-refractivity contribution < 1.29 is 9.90 Å². The molecule has 1 aromatic heterocycles. The van der Waals surface area contributed by atoms with Gasteiger partial charge in [0.1, 0.15) is 0 Å². The summed E-state index contributed by atoms with van der Waals surface area (Å²) in [4.78, 5) is 22.3. The van der Waals surface area contributed by atoms with E-state index in [1.165, 1.54) is 0 Å². The number of hydrogen-bond donors (Lipinski definition) is 2. The van der Waals surface area contributed by atoms with Crippen LogP contribution in [0, 0.1) is 5.92 Å². The summed E-state index contributed by atoms with van der Waals surface area (Å²) in [6.07, 6.45) is 1.94. The van der Waals surface area contributed by atoms with Gasteiger partial charge in [0.25, 0.3) is 0 Å². The summed E-state index contributed by atoms with van der Waals surface area (Å²) in [6, 6.07) is 0.0162. The number of aromatic nitrogens is 3. The van der Waals surface area contributed by atoms with Crippen LogP contribution in [0.15, 0.2) is 9.95 Å². The van der Waals surface area contributed by atoms with Crippen molar-refractivity contribution in [3.05, 3.63) is 10.5 Å². The molecule has 2 N–H and O–H groups in total. The molecule has 0 bridgehead atoms. The highest BCUT2D eigenvalue weighted by Crippen LogP contribution is 2.26. The van der Waals surface area contributed by atoms with Crippen LogP contribution in [-0.4, -0.2) is 31.6 Å². The Morgan fingerprint density at radius 1 is 1.50 bits per heavy atom. The maximum atomic E-state index is 11.7. The van der Waals surface area contributed by atoms with E-state index in [0.29, 0.717) is 11.1 Å². The molecule has 0 aliphatic carbocycles. The first-order chi connectivity index (χ1) is 8.51. The molecule has 1 unspecified atom stereocenters. The number of aromatic amines is 1. The number of carboxylic acid groups (broad SMARTS) is 1. The minimum atomic E-state index is -0.919. The van der Waals surface area contributed by atoms with E-state index in [9.17, 15) is 9.59 Å². The van der Waals surface area contributed by atoms with Gasteiger partial charge < -0.3 is 5.11 Å². The Labute approximate surface area is 110 Å². The second kappa shape index (κ2) is 6.63. The molecule has 0 saturated heterocycles. The summed E-state index contributed by atoms with van der Waals surface area (Å²) in [5.41, 5.74) is -0.276. The molecule has 0 spiro atoms. The Kier molecular flexibility index (Phi) is 5.46. The number of hydrogen-bond acceptors (Lipinski definition) is 4. The molecule has 1 rings (SSSR count). The normalized spacial score (nSPS) is 12.9. The van der Waals surface area contributed by atoms with Crippen LogP contribution in [-0.2, 0) is 4.79 Å². The zero-order valence-corrected chi connectivity index (χ0v) is 11.7. The van der Waals surface area contributed by atoms with Crippen molar-refractivity contribution >= 4 is 17.7 Å². The molecular formula is C11H19N3O3S. The molecule has 7 heteroatoms. The zero-order chi connectivity index (χ0) is 13.7. The molecule has 0 aliphatic heterocycles. The molecular weight excluding hydrogens is 254 g/mol. The SMILES string of the molecule is CCC(CC)C(C)n1c(SCC(=O)O)n[nH]c1=O. The van der Waals surface area contributed by atoms with Crippen LogP contribution in [0.1, 0.15) is 39.7 Å². The Morgan fingerprint density at radius 2 is 2.11 bits per heavy atom. The number of carboxylic acids is 1. The summed E-state index contributed by atoms with van der Waals surface area (Å²) >= 11 is 1.06. The van der Waals surface area contributed by atoms with Gasteiger partial charge in [-0.1, -0.05) is 38.5 Å². The summed E-state index contributed by atoms with van der Waals surface area (Å²) in [5.74, 6) is -0.637. The Morgan fingerprint density at radius 3 is 2.61 bits per heavy atom. The van der Waals surface area contributed by atoms with E-state index in [1.807, 2.05) is 6.92 Å². The fourth-order valence-electron chi connectivity index (χ4n) is 2.06. The predicted molar refractivity (Wildman–Crippen MR) is 70.0 cm³/mol. The Balaban J connectivity index is 2.96. The molecule has 102 valence electrons. The number of aliphatic carboxylic acids is 1. The standard InChI is InChI=1S/C11H19N3O3S/c1-4-8(5-2)7(3)14-10(17)12-13-11(14)18-6-9(15)16/h7-8H,4-6H2,1-3H3,(H,12,17)(H,15,16). The van der Waals surface area contributed by atoms with Gasteiger partial charge in [0, 0.05) is 6.04 Å². The Bertz CT molecular complexity index is 451. The van der Waals surface area contributed by atoms with Gasteiger partial charge in [0.2, 0.25) is 0 Å². The summed E-state index contributed by atoms with van der Waals surface area (Å²) in [6.45, 7) is 6.14. The van der Waals surface area contributed by atoms with Gasteiger partial charge in [-0.2, -0.15) is 0 Å². The second-order valence-corrected chi connectivity index (χ2v) is 5.12. The molecule has 0 radical (unpaired) electrons. The highest BCUT2D eigenvalue weighted by molar-refractivity contribution is 7.99. The monoisotopic (exact) mass is 273 g/mol. The smallest absolute Gasteiger partial charge is 0.344 e. The largest absolute Gasteiger partial charge is 0.481 e. The molecule has 18 heavy (non-hydrogen) atoms. The van der Waals surface area contributed by atoms with Crippen molar-refractivity contribution in [3.8, 4) is 0 Å². The first-order valence-electron chi connectivity index (χ1n) is 6.02.